The van der Waals surface area contributed by atoms with Crippen molar-refractivity contribution in [3.63, 3.8) is 0 Å². The number of rotatable bonds is 3. The number of ether oxygens (including phenoxy) is 1. The normalized spacial score (nSPS) is 12.3. The second-order valence-corrected chi connectivity index (χ2v) is 4.15. The van der Waals surface area contributed by atoms with Crippen molar-refractivity contribution in [1.82, 2.24) is 0 Å². The van der Waals surface area contributed by atoms with Crippen LogP contribution >= 0.6 is 23.2 Å². The van der Waals surface area contributed by atoms with Crippen LogP contribution < -0.4 is 0 Å². The fourth-order valence-corrected chi connectivity index (χ4v) is 1.89. The number of aryl methyl sites for hydroxylation is 1. The Morgan fingerprint density at radius 1 is 1.53 bits per heavy atom. The summed E-state index contributed by atoms with van der Waals surface area (Å²) in [5.41, 5.74) is 1.29. The first-order chi connectivity index (χ1) is 7.00. The van der Waals surface area contributed by atoms with Crippen LogP contribution in [0.15, 0.2) is 18.2 Å². The Labute approximate surface area is 99.1 Å². The van der Waals surface area contributed by atoms with Gasteiger partial charge in [-0.25, -0.2) is 0 Å². The van der Waals surface area contributed by atoms with Gasteiger partial charge >= 0.3 is 5.97 Å². The molecule has 1 aromatic carbocycles. The van der Waals surface area contributed by atoms with Gasteiger partial charge in [-0.15, -0.1) is 0 Å². The highest BCUT2D eigenvalue weighted by atomic mass is 35.5. The highest BCUT2D eigenvalue weighted by molar-refractivity contribution is 6.31. The number of benzene rings is 1. The van der Waals surface area contributed by atoms with E-state index < -0.39 is 5.56 Å². The number of alkyl halides is 1. The summed E-state index contributed by atoms with van der Waals surface area (Å²) in [4.78, 5) is 10.7. The third-order valence-corrected chi connectivity index (χ3v) is 2.61. The molecule has 1 atom stereocenters. The van der Waals surface area contributed by atoms with Crippen LogP contribution in [0.5, 0.6) is 0 Å². The molecule has 0 aliphatic heterocycles. The lowest BCUT2D eigenvalue weighted by Crippen LogP contribution is -2.13. The number of hydrogen-bond acceptors (Lipinski definition) is 2. The molecule has 15 heavy (non-hydrogen) atoms. The number of carbonyl (C=O) groups is 1. The van der Waals surface area contributed by atoms with Gasteiger partial charge in [-0.05, 0) is 24.1 Å². The van der Waals surface area contributed by atoms with E-state index in [0.717, 1.165) is 11.1 Å². The first kappa shape index (κ1) is 12.3. The molecule has 0 aliphatic rings. The van der Waals surface area contributed by atoms with Crippen LogP contribution in [-0.4, -0.2) is 11.5 Å². The van der Waals surface area contributed by atoms with E-state index in [9.17, 15) is 4.79 Å². The lowest BCUT2D eigenvalue weighted by molar-refractivity contribution is -0.142. The van der Waals surface area contributed by atoms with Crippen LogP contribution in [0.1, 0.15) is 18.1 Å². The first-order valence-corrected chi connectivity index (χ1v) is 5.37. The molecule has 0 aromatic heterocycles. The molecule has 0 fully saturated rings. The molecule has 1 rings (SSSR count). The number of carbonyl (C=O) groups excluding carboxylic acids is 1. The van der Waals surface area contributed by atoms with Crippen LogP contribution in [0, 0.1) is 6.92 Å². The summed E-state index contributed by atoms with van der Waals surface area (Å²) in [6, 6.07) is 5.61. The maximum Gasteiger partial charge on any atom is 0.304 e. The van der Waals surface area contributed by atoms with E-state index >= 15 is 0 Å². The zero-order valence-corrected chi connectivity index (χ0v) is 10.1. The van der Waals surface area contributed by atoms with Gasteiger partial charge in [0.2, 0.25) is 0 Å². The number of halogens is 2. The summed E-state index contributed by atoms with van der Waals surface area (Å²) >= 11 is 11.9. The Hall–Kier alpha value is -0.730. The largest absolute Gasteiger partial charge is 0.446 e. The summed E-state index contributed by atoms with van der Waals surface area (Å²) in [5.74, 6) is -0.389. The standard InChI is InChI=1S/C11H12Cl2O2/c1-7-4-3-5-10(12)9(7)6-11(13)15-8(2)14/h3-5,11H,6H2,1-2H3. The Morgan fingerprint density at radius 2 is 2.20 bits per heavy atom. The predicted molar refractivity (Wildman–Crippen MR) is 61.3 cm³/mol. The van der Waals surface area contributed by atoms with Crippen molar-refractivity contribution in [1.29, 1.82) is 0 Å². The highest BCUT2D eigenvalue weighted by Gasteiger charge is 2.12. The fraction of sp³-hybridized carbons (Fsp3) is 0.364. The van der Waals surface area contributed by atoms with Gasteiger partial charge in [-0.3, -0.25) is 4.79 Å². The monoisotopic (exact) mass is 246 g/mol. The highest BCUT2D eigenvalue weighted by Crippen LogP contribution is 2.22. The van der Waals surface area contributed by atoms with Crippen LogP contribution in [0.2, 0.25) is 5.02 Å². The quantitative estimate of drug-likeness (QED) is 0.605. The predicted octanol–water partition coefficient (Wildman–Crippen LogP) is 3.32. The smallest absolute Gasteiger partial charge is 0.304 e. The van der Waals surface area contributed by atoms with Gasteiger partial charge in [0.25, 0.3) is 0 Å². The molecule has 2 nitrogen and oxygen atoms in total. The van der Waals surface area contributed by atoms with E-state index in [1.54, 1.807) is 6.07 Å². The van der Waals surface area contributed by atoms with Gasteiger partial charge < -0.3 is 4.74 Å². The van der Waals surface area contributed by atoms with Crippen molar-refractivity contribution in [3.8, 4) is 0 Å². The molecule has 4 heteroatoms. The maximum absolute atomic E-state index is 10.7. The molecular formula is C11H12Cl2O2. The van der Waals surface area contributed by atoms with Gasteiger partial charge in [0, 0.05) is 18.4 Å². The van der Waals surface area contributed by atoms with E-state index in [4.69, 9.17) is 27.9 Å². The second-order valence-electron chi connectivity index (χ2n) is 3.26. The molecule has 0 radical (unpaired) electrons. The van der Waals surface area contributed by atoms with E-state index in [-0.39, 0.29) is 5.97 Å². The van der Waals surface area contributed by atoms with Crippen LogP contribution in [0.3, 0.4) is 0 Å². The Kier molecular flexibility index (Phi) is 4.43. The summed E-state index contributed by atoms with van der Waals surface area (Å²) in [5, 5.41) is 0.646. The average Bonchev–Trinajstić information content (AvgIpc) is 2.10. The van der Waals surface area contributed by atoms with Crippen LogP contribution in [-0.2, 0) is 16.0 Å². The molecule has 1 unspecified atom stereocenters. The van der Waals surface area contributed by atoms with Crippen molar-refractivity contribution in [3.05, 3.63) is 34.3 Å². The molecule has 0 spiro atoms. The molecule has 0 N–H and O–H groups in total. The summed E-state index contributed by atoms with van der Waals surface area (Å²) in [7, 11) is 0. The van der Waals surface area contributed by atoms with Crippen molar-refractivity contribution < 1.29 is 9.53 Å². The van der Waals surface area contributed by atoms with Gasteiger partial charge in [0.05, 0.1) is 0 Å². The molecule has 0 saturated carbocycles. The maximum atomic E-state index is 10.7. The molecular weight excluding hydrogens is 235 g/mol. The van der Waals surface area contributed by atoms with Crippen LogP contribution in [0.25, 0.3) is 0 Å². The third-order valence-electron chi connectivity index (χ3n) is 2.01. The Bertz CT molecular complexity index is 343. The lowest BCUT2D eigenvalue weighted by atomic mass is 10.1. The number of hydrogen-bond donors (Lipinski definition) is 0. The van der Waals surface area contributed by atoms with Gasteiger partial charge in [-0.2, -0.15) is 0 Å². The minimum atomic E-state index is -0.666. The number of esters is 1. The SMILES string of the molecule is CC(=O)OC(Cl)Cc1c(C)cccc1Cl. The molecule has 0 amide bonds. The molecule has 82 valence electrons. The van der Waals surface area contributed by atoms with Crippen molar-refractivity contribution >= 4 is 29.2 Å². The third kappa shape index (κ3) is 3.73. The zero-order chi connectivity index (χ0) is 11.4. The summed E-state index contributed by atoms with van der Waals surface area (Å²) in [6.45, 7) is 3.27. The van der Waals surface area contributed by atoms with E-state index in [1.165, 1.54) is 6.92 Å². The second kappa shape index (κ2) is 5.38. The first-order valence-electron chi connectivity index (χ1n) is 4.56. The van der Waals surface area contributed by atoms with Gasteiger partial charge in [0.15, 0.2) is 5.56 Å². The molecule has 0 aliphatic carbocycles. The topological polar surface area (TPSA) is 26.3 Å². The molecule has 1 aromatic rings. The minimum absolute atomic E-state index is 0.389. The summed E-state index contributed by atoms with van der Waals surface area (Å²) < 4.78 is 4.83. The van der Waals surface area contributed by atoms with Crippen molar-refractivity contribution in [2.24, 2.45) is 0 Å². The lowest BCUT2D eigenvalue weighted by Gasteiger charge is -2.12. The zero-order valence-electron chi connectivity index (χ0n) is 8.59. The van der Waals surface area contributed by atoms with Crippen molar-refractivity contribution in [2.45, 2.75) is 25.8 Å². The average molecular weight is 247 g/mol. The Morgan fingerprint density at radius 3 is 2.73 bits per heavy atom. The van der Waals surface area contributed by atoms with Gasteiger partial charge in [0.1, 0.15) is 0 Å². The molecule has 0 bridgehead atoms. The van der Waals surface area contributed by atoms with Gasteiger partial charge in [-0.1, -0.05) is 35.3 Å². The molecule has 0 saturated heterocycles. The van der Waals surface area contributed by atoms with Crippen molar-refractivity contribution in [2.75, 3.05) is 0 Å². The minimum Gasteiger partial charge on any atom is -0.446 e. The molecule has 0 heterocycles. The Balaban J connectivity index is 2.76. The van der Waals surface area contributed by atoms with E-state index in [2.05, 4.69) is 0 Å². The van der Waals surface area contributed by atoms with Crippen LogP contribution in [0.4, 0.5) is 0 Å². The summed E-state index contributed by atoms with van der Waals surface area (Å²) in [6.07, 6.45) is 0.423. The fourth-order valence-electron chi connectivity index (χ4n) is 1.31. The van der Waals surface area contributed by atoms with E-state index in [0.29, 0.717) is 11.4 Å². The van der Waals surface area contributed by atoms with E-state index in [1.807, 2.05) is 19.1 Å².